The molecule has 1 aliphatic carbocycles. The Balaban J connectivity index is 0.000000848. The molecule has 28 nitrogen and oxygen atoms in total. The third-order valence-corrected chi connectivity index (χ3v) is 19.5. The summed E-state index contributed by atoms with van der Waals surface area (Å²) in [6.07, 6.45) is 5.86. The standard InChI is InChI=1S/C22H21ClF4N6O.C18H17F5N6O.C18H18F4N6O.C17H17ClF2N6O.10H2/c23-12-6-13-14(8-29-18(13)28-7-12)19-30-9-15(24)20(32-19)33-16-4-2-1-3-11(16)5-17(33)21(34)31-10-22(25,26)27;1-3-17(2,16(30)27-8-18(21,22)23)29-15-12(20)7-26-14(28-15)11-6-25-13-10(11)4-9(19)5-24-13;1-9(2)14(17(29)26-8-18(20,21)22)27-13-3-4-23-16(28-13)12-7-25-15-11(12)5-10(19)6-24-15;1-17(2,16(27)21-4-3-19)26-15-12(20)8-24-14(25-15)11-7-23-13-10(11)5-9(18)6-22-13;;;;;;;;;;/h6-9,11,16-17H,1-5,10H2,(H,28,29)(H,31,34);4-7H,3,8H2,1-2H3,(H,24,25)(H,27,30)(H,26,28,29);3-7,9,14H,8H2,1-2H3,(H,24,25)(H,26,29)(H,23,27,28);5-8H,3-4H2,1-2H3,(H,21,27)(H,22,23)(H,24,25,26);10*1H/t11-,16-,17-;;;;;;;;;;;;;/m0............./s1. The highest BCUT2D eigenvalue weighted by Crippen LogP contribution is 2.44. The van der Waals surface area contributed by atoms with Crippen molar-refractivity contribution in [2.45, 2.75) is 128 Å². The zero-order valence-electron chi connectivity index (χ0n) is 63.9. The zero-order chi connectivity index (χ0) is 86.9. The second kappa shape index (κ2) is 36.9. The van der Waals surface area contributed by atoms with E-state index in [-0.39, 0.29) is 91.7 Å². The summed E-state index contributed by atoms with van der Waals surface area (Å²) in [7, 11) is 0. The van der Waals surface area contributed by atoms with E-state index in [4.69, 9.17) is 23.2 Å². The number of halogens is 17. The molecule has 1 saturated carbocycles. The second-order valence-electron chi connectivity index (χ2n) is 28.5. The molecule has 12 aromatic heterocycles. The molecule has 2 aliphatic rings. The fourth-order valence-electron chi connectivity index (χ4n) is 13.0. The summed E-state index contributed by atoms with van der Waals surface area (Å²) in [6, 6.07) is 5.28. The van der Waals surface area contributed by atoms with Gasteiger partial charge >= 0.3 is 18.5 Å². The van der Waals surface area contributed by atoms with Crippen molar-refractivity contribution in [3.63, 3.8) is 0 Å². The molecule has 12 aromatic rings. The monoisotopic (exact) mass is 1750 g/mol. The van der Waals surface area contributed by atoms with Crippen LogP contribution in [-0.2, 0) is 19.2 Å². The lowest BCUT2D eigenvalue weighted by atomic mass is 9.84. The van der Waals surface area contributed by atoms with Gasteiger partial charge in [0.1, 0.15) is 89.5 Å². The number of aromatic nitrogens is 16. The van der Waals surface area contributed by atoms with Crippen molar-refractivity contribution in [2.75, 3.05) is 53.7 Å². The number of aromatic amines is 4. The van der Waals surface area contributed by atoms with Crippen LogP contribution in [0.15, 0.2) is 105 Å². The Bertz CT molecular complexity index is 5740. The van der Waals surface area contributed by atoms with E-state index in [1.54, 1.807) is 61.7 Å². The van der Waals surface area contributed by atoms with Gasteiger partial charge in [-0.2, -0.15) is 39.5 Å². The first kappa shape index (κ1) is 88.5. The molecule has 13 heterocycles. The Morgan fingerprint density at radius 2 is 0.992 bits per heavy atom. The molecule has 120 heavy (non-hydrogen) atoms. The molecule has 1 aliphatic heterocycles. The van der Waals surface area contributed by atoms with E-state index in [0.717, 1.165) is 50.2 Å². The number of rotatable bonds is 22. The van der Waals surface area contributed by atoms with Crippen molar-refractivity contribution in [3.8, 4) is 45.6 Å². The first-order valence-corrected chi connectivity index (χ1v) is 37.4. The normalized spacial score (nSPS) is 15.6. The SMILES string of the molecule is CC(C)(Nc1nc(-c2c[nH]c3ncc(Cl)cc23)ncc1F)C(=O)NCCF.CC(C)C(Nc1ccnc(-c2c[nH]c3ncc(F)cc23)n1)C(=O)NCC(F)(F)F.CCC(C)(Nc1nc(-c2c[nH]c3ncc(F)cc23)ncc1F)C(=O)NCC(F)(F)F.O=C(NCC(F)(F)F)[C@@H]1C[C@@H]2CCCC[C@@H]2N1c1nc(-c2c[nH]c3ncc(Cl)cc23)ncc1F.[HH].[HH].[HH].[HH].[HH].[HH].[HH].[HH].[HH].[HH]. The summed E-state index contributed by atoms with van der Waals surface area (Å²) in [5.41, 5.74) is 1.12. The molecule has 0 aromatic carbocycles. The Morgan fingerprint density at radius 1 is 0.542 bits per heavy atom. The van der Waals surface area contributed by atoms with E-state index in [1.807, 2.05) is 10.6 Å². The van der Waals surface area contributed by atoms with Crippen LogP contribution < -0.4 is 42.1 Å². The van der Waals surface area contributed by atoms with Gasteiger partial charge in [0, 0.05) is 114 Å². The number of carbonyl (C=O) groups excluding carboxylic acids is 4. The average molecular weight is 1750 g/mol. The predicted molar refractivity (Wildman–Crippen MR) is 435 cm³/mol. The van der Waals surface area contributed by atoms with Gasteiger partial charge in [0.15, 0.2) is 58.2 Å². The molecular weight excluding hydrogens is 1660 g/mol. The summed E-state index contributed by atoms with van der Waals surface area (Å²) in [5.74, 6) is -6.45. The van der Waals surface area contributed by atoms with Crippen molar-refractivity contribution in [1.29, 1.82) is 0 Å². The van der Waals surface area contributed by atoms with E-state index >= 15 is 4.39 Å². The number of nitrogens with one attached hydrogen (secondary N) is 11. The quantitative estimate of drug-likeness (QED) is 0.0281. The van der Waals surface area contributed by atoms with Gasteiger partial charge in [-0.1, -0.05) is 56.8 Å². The number of H-pyrrole nitrogens is 4. The molecule has 0 radical (unpaired) electrons. The highest BCUT2D eigenvalue weighted by atomic mass is 35.5. The van der Waals surface area contributed by atoms with Crippen LogP contribution in [-0.4, -0.2) is 184 Å². The van der Waals surface area contributed by atoms with Crippen LogP contribution in [0.1, 0.15) is 94.3 Å². The molecule has 2 unspecified atom stereocenters. The Labute approximate surface area is 695 Å². The van der Waals surface area contributed by atoms with Gasteiger partial charge in [0.25, 0.3) is 0 Å². The number of nitrogens with zero attached hydrogens (tertiary/aromatic N) is 13. The molecule has 1 saturated heterocycles. The van der Waals surface area contributed by atoms with E-state index in [0.29, 0.717) is 89.3 Å². The minimum Gasteiger partial charge on any atom is -0.358 e. The minimum atomic E-state index is -4.59. The van der Waals surface area contributed by atoms with Gasteiger partial charge in [0.05, 0.1) is 41.0 Å². The summed E-state index contributed by atoms with van der Waals surface area (Å²) < 4.78 is 196. The number of alkyl halides is 10. The van der Waals surface area contributed by atoms with E-state index in [9.17, 15) is 80.6 Å². The number of carbonyl (C=O) groups is 4. The van der Waals surface area contributed by atoms with E-state index < -0.39 is 121 Å². The highest BCUT2D eigenvalue weighted by Gasteiger charge is 2.48. The maximum atomic E-state index is 15.1. The van der Waals surface area contributed by atoms with Crippen molar-refractivity contribution >= 4 is 114 Å². The summed E-state index contributed by atoms with van der Waals surface area (Å²) in [5, 5.41) is 19.2. The molecule has 0 spiro atoms. The molecule has 656 valence electrons. The van der Waals surface area contributed by atoms with Gasteiger partial charge in [-0.3, -0.25) is 19.2 Å². The molecule has 4 amide bonds. The van der Waals surface area contributed by atoms with Gasteiger partial charge < -0.3 is 62.1 Å². The van der Waals surface area contributed by atoms with Crippen LogP contribution in [0, 0.1) is 40.9 Å². The Kier molecular flexibility index (Phi) is 27.2. The first-order valence-electron chi connectivity index (χ1n) is 36.6. The fourth-order valence-corrected chi connectivity index (χ4v) is 13.3. The van der Waals surface area contributed by atoms with Gasteiger partial charge in [-0.05, 0) is 88.6 Å². The number of hydrogen-bond donors (Lipinski definition) is 11. The number of amides is 4. The highest BCUT2D eigenvalue weighted by molar-refractivity contribution is 6.31. The second-order valence-corrected chi connectivity index (χ2v) is 29.4. The van der Waals surface area contributed by atoms with Gasteiger partial charge in [0.2, 0.25) is 23.6 Å². The summed E-state index contributed by atoms with van der Waals surface area (Å²) in [6.45, 7) is 4.16. The minimum absolute atomic E-state index is 0. The Hall–Kier alpha value is -12.3. The van der Waals surface area contributed by atoms with Crippen LogP contribution in [0.3, 0.4) is 0 Å². The summed E-state index contributed by atoms with van der Waals surface area (Å²) in [4.78, 5) is 112. The van der Waals surface area contributed by atoms with Crippen molar-refractivity contribution in [2.24, 2.45) is 11.8 Å². The number of pyridine rings is 4. The van der Waals surface area contributed by atoms with Gasteiger partial charge in [-0.15, -0.1) is 0 Å². The van der Waals surface area contributed by atoms with Crippen LogP contribution in [0.4, 0.5) is 89.1 Å². The maximum absolute atomic E-state index is 15.1. The van der Waals surface area contributed by atoms with Crippen LogP contribution in [0.25, 0.3) is 89.7 Å². The summed E-state index contributed by atoms with van der Waals surface area (Å²) >= 11 is 12.1. The number of anilines is 4. The van der Waals surface area contributed by atoms with Gasteiger partial charge in [-0.25, -0.2) is 86.2 Å². The molecule has 14 rings (SSSR count). The molecule has 0 bridgehead atoms. The van der Waals surface area contributed by atoms with E-state index in [1.165, 1.54) is 63.8 Å². The van der Waals surface area contributed by atoms with Crippen molar-refractivity contribution < 1.29 is 99.3 Å². The third kappa shape index (κ3) is 21.8. The molecule has 11 N–H and O–H groups in total. The van der Waals surface area contributed by atoms with Crippen molar-refractivity contribution in [3.05, 3.63) is 144 Å². The lowest BCUT2D eigenvalue weighted by Crippen LogP contribution is -2.52. The average Bonchev–Trinajstić information content (AvgIpc) is 1.60. The third-order valence-electron chi connectivity index (χ3n) is 19.1. The van der Waals surface area contributed by atoms with Crippen LogP contribution >= 0.6 is 23.2 Å². The predicted octanol–water partition coefficient (Wildman–Crippen LogP) is 17.0. The van der Waals surface area contributed by atoms with E-state index in [2.05, 4.69) is 101 Å². The first-order chi connectivity index (χ1) is 56.7. The molecule has 5 atom stereocenters. The molecule has 45 heteroatoms. The fraction of sp³-hybridized carbons (Fsp3) is 0.360. The smallest absolute Gasteiger partial charge is 0.358 e. The van der Waals surface area contributed by atoms with Crippen molar-refractivity contribution in [1.82, 2.24) is 101 Å². The van der Waals surface area contributed by atoms with Crippen LogP contribution in [0.5, 0.6) is 0 Å². The maximum Gasteiger partial charge on any atom is 0.405 e. The van der Waals surface area contributed by atoms with Crippen LogP contribution in [0.2, 0.25) is 10.0 Å². The topological polar surface area (TPSA) is 374 Å². The number of fused-ring (bicyclic) bond motifs is 5. The molecular formula is C75H93Cl2F15N24O4. The lowest BCUT2D eigenvalue weighted by Gasteiger charge is -2.34. The zero-order valence-corrected chi connectivity index (χ0v) is 65.4. The Morgan fingerprint density at radius 3 is 1.48 bits per heavy atom. The molecule has 2 fully saturated rings. The largest absolute Gasteiger partial charge is 0.405 e. The number of hydrogen-bond acceptors (Lipinski definition) is 20. The lowest BCUT2D eigenvalue weighted by molar-refractivity contribution is -0.140.